The first kappa shape index (κ1) is 19.6. The number of carbonyl (C=O) groups excluding carboxylic acids is 2. The molecule has 1 fully saturated rings. The van der Waals surface area contributed by atoms with Crippen LogP contribution in [0, 0.1) is 5.92 Å². The predicted octanol–water partition coefficient (Wildman–Crippen LogP) is 3.21. The van der Waals surface area contributed by atoms with Crippen molar-refractivity contribution in [2.45, 2.75) is 33.7 Å². The van der Waals surface area contributed by atoms with Gasteiger partial charge in [0.25, 0.3) is 5.91 Å². The number of benzene rings is 1. The van der Waals surface area contributed by atoms with Crippen LogP contribution >= 0.6 is 0 Å². The molecule has 1 aliphatic heterocycles. The van der Waals surface area contributed by atoms with E-state index in [0.717, 1.165) is 29.5 Å². The monoisotopic (exact) mass is 361 g/mol. The lowest BCUT2D eigenvalue weighted by Crippen LogP contribution is -2.42. The average molecular weight is 362 g/mol. The minimum atomic E-state index is -0.176. The van der Waals surface area contributed by atoms with E-state index in [-0.39, 0.29) is 11.8 Å². The highest BCUT2D eigenvalue weighted by Crippen LogP contribution is 2.24. The van der Waals surface area contributed by atoms with Crippen molar-refractivity contribution in [3.63, 3.8) is 0 Å². The lowest BCUT2D eigenvalue weighted by atomic mass is 10.1. The largest absolute Gasteiger partial charge is 0.334 e. The smallest absolute Gasteiger partial charge is 0.250 e. The van der Waals surface area contributed by atoms with Gasteiger partial charge in [-0.25, -0.2) is 0 Å². The second kappa shape index (κ2) is 9.09. The summed E-state index contributed by atoms with van der Waals surface area (Å²) in [5.74, 6) is 4.68. The molecule has 0 aromatic heterocycles. The normalized spacial score (nSPS) is 19.0. The molecule has 0 aliphatic carbocycles. The molecule has 1 N–H and O–H groups in total. The summed E-state index contributed by atoms with van der Waals surface area (Å²) in [6.07, 6.45) is 1.29. The van der Waals surface area contributed by atoms with Gasteiger partial charge < -0.3 is 10.2 Å². The zero-order valence-corrected chi connectivity index (χ0v) is 16.3. The Bertz CT molecular complexity index is 621. The molecule has 1 saturated heterocycles. The van der Waals surface area contributed by atoms with Gasteiger partial charge >= 0.3 is 0 Å². The highest BCUT2D eigenvalue weighted by Gasteiger charge is 2.37. The van der Waals surface area contributed by atoms with E-state index in [1.165, 1.54) is 17.9 Å². The number of carbonyl (C=O) groups is 2. The van der Waals surface area contributed by atoms with Crippen molar-refractivity contribution in [3.05, 3.63) is 42.0 Å². The Morgan fingerprint density at radius 3 is 2.40 bits per heavy atom. The average Bonchev–Trinajstić information content (AvgIpc) is 2.53. The Kier molecular flexibility index (Phi) is 7.12. The van der Waals surface area contributed by atoms with Crippen molar-refractivity contribution >= 4 is 28.4 Å². The second-order valence-electron chi connectivity index (χ2n) is 6.80. The Balaban J connectivity index is 1.85. The summed E-state index contributed by atoms with van der Waals surface area (Å²) in [4.78, 5) is 25.5. The summed E-state index contributed by atoms with van der Waals surface area (Å²) in [6, 6.07) is 7.66. The van der Waals surface area contributed by atoms with Crippen LogP contribution in [-0.4, -0.2) is 40.5 Å². The fourth-order valence-electron chi connectivity index (χ4n) is 2.76. The molecule has 1 aromatic carbocycles. The maximum absolute atomic E-state index is 11.9. The minimum absolute atomic E-state index is 0.121. The molecule has 0 bridgehead atoms. The van der Waals surface area contributed by atoms with E-state index in [1.807, 2.05) is 29.2 Å². The van der Waals surface area contributed by atoms with Crippen LogP contribution in [0.2, 0.25) is 0 Å². The number of amides is 2. The number of nitrogens with zero attached hydrogens (tertiary/aromatic N) is 1. The topological polar surface area (TPSA) is 49.4 Å². The maximum atomic E-state index is 11.9. The molecule has 0 radical (unpaired) electrons. The van der Waals surface area contributed by atoms with Crippen LogP contribution in [0.25, 0.3) is 0 Å². The van der Waals surface area contributed by atoms with Crippen LogP contribution in [0.4, 0.5) is 5.69 Å². The molecule has 1 aliphatic rings. The summed E-state index contributed by atoms with van der Waals surface area (Å²) in [7, 11) is 0.514. The van der Waals surface area contributed by atoms with Crippen molar-refractivity contribution in [1.82, 2.24) is 4.90 Å². The lowest BCUT2D eigenvalue weighted by molar-refractivity contribution is -0.129. The molecule has 2 amide bonds. The standard InChI is InChI=1S/C20H28N2O2S/c1-5-17-13-25(14-17)11-10-22(16(4)23)12-18-6-8-19(9-7-18)21-20(24)15(2)3/h6-9,17H,2,5,10-14H2,1,3-4H3/p+1. The van der Waals surface area contributed by atoms with E-state index < -0.39 is 0 Å². The summed E-state index contributed by atoms with van der Waals surface area (Å²) >= 11 is 0. The molecule has 0 saturated carbocycles. The molecule has 5 heteroatoms. The van der Waals surface area contributed by atoms with Gasteiger partial charge in [0, 0.05) is 30.6 Å². The van der Waals surface area contributed by atoms with Gasteiger partial charge in [0.2, 0.25) is 5.91 Å². The predicted molar refractivity (Wildman–Crippen MR) is 107 cm³/mol. The fourth-order valence-corrected chi connectivity index (χ4v) is 5.28. The summed E-state index contributed by atoms with van der Waals surface area (Å²) in [5, 5.41) is 2.79. The number of hydrogen-bond donors (Lipinski definition) is 1. The summed E-state index contributed by atoms with van der Waals surface area (Å²) in [5.41, 5.74) is 2.30. The zero-order chi connectivity index (χ0) is 18.4. The number of hydrogen-bond acceptors (Lipinski definition) is 2. The quantitative estimate of drug-likeness (QED) is 0.571. The molecular weight excluding hydrogens is 332 g/mol. The molecular formula is C20H29N2O2S+. The van der Waals surface area contributed by atoms with E-state index in [4.69, 9.17) is 0 Å². The van der Waals surface area contributed by atoms with Crippen molar-refractivity contribution in [2.24, 2.45) is 5.92 Å². The Hall–Kier alpha value is -1.75. The third kappa shape index (κ3) is 5.92. The Labute approximate surface area is 154 Å². The third-order valence-electron chi connectivity index (χ3n) is 4.59. The third-order valence-corrected chi connectivity index (χ3v) is 7.23. The van der Waals surface area contributed by atoms with Crippen molar-refractivity contribution in [3.8, 4) is 0 Å². The highest BCUT2D eigenvalue weighted by atomic mass is 32.2. The van der Waals surface area contributed by atoms with Crippen LogP contribution in [0.3, 0.4) is 0 Å². The second-order valence-corrected chi connectivity index (χ2v) is 9.10. The summed E-state index contributed by atoms with van der Waals surface area (Å²) in [6.45, 7) is 10.7. The Morgan fingerprint density at radius 2 is 1.88 bits per heavy atom. The molecule has 0 atom stereocenters. The number of anilines is 1. The van der Waals surface area contributed by atoms with Gasteiger partial charge in [-0.05, 0) is 41.9 Å². The van der Waals surface area contributed by atoms with E-state index >= 15 is 0 Å². The Morgan fingerprint density at radius 1 is 1.24 bits per heavy atom. The molecule has 136 valence electrons. The van der Waals surface area contributed by atoms with Crippen molar-refractivity contribution < 1.29 is 9.59 Å². The lowest BCUT2D eigenvalue weighted by Gasteiger charge is -2.28. The van der Waals surface area contributed by atoms with Gasteiger partial charge in [0.05, 0.1) is 6.54 Å². The molecule has 25 heavy (non-hydrogen) atoms. The molecule has 2 rings (SSSR count). The molecule has 0 unspecified atom stereocenters. The van der Waals surface area contributed by atoms with Crippen LogP contribution < -0.4 is 5.32 Å². The van der Waals surface area contributed by atoms with Crippen molar-refractivity contribution in [1.29, 1.82) is 0 Å². The van der Waals surface area contributed by atoms with Crippen LogP contribution in [0.5, 0.6) is 0 Å². The first-order valence-corrected chi connectivity index (χ1v) is 10.6. The van der Waals surface area contributed by atoms with E-state index in [9.17, 15) is 9.59 Å². The minimum Gasteiger partial charge on any atom is -0.334 e. The highest BCUT2D eigenvalue weighted by molar-refractivity contribution is 7.98. The van der Waals surface area contributed by atoms with Crippen LogP contribution in [0.15, 0.2) is 36.4 Å². The van der Waals surface area contributed by atoms with Gasteiger partial charge in [-0.15, -0.1) is 0 Å². The SMILES string of the molecule is C=C(C)C(=O)Nc1ccc(CN(CC[S+]2CC(CC)C2)C(C)=O)cc1. The number of rotatable bonds is 8. The zero-order valence-electron chi connectivity index (χ0n) is 15.5. The first-order valence-electron chi connectivity index (χ1n) is 8.84. The van der Waals surface area contributed by atoms with E-state index in [0.29, 0.717) is 23.0 Å². The molecule has 1 aromatic rings. The van der Waals surface area contributed by atoms with Gasteiger partial charge in [0.1, 0.15) is 17.3 Å². The van der Waals surface area contributed by atoms with Gasteiger partial charge in [-0.1, -0.05) is 25.6 Å². The van der Waals surface area contributed by atoms with Gasteiger partial charge in [0.15, 0.2) is 0 Å². The number of nitrogens with one attached hydrogen (secondary N) is 1. The van der Waals surface area contributed by atoms with Crippen LogP contribution in [0.1, 0.15) is 32.8 Å². The summed E-state index contributed by atoms with van der Waals surface area (Å²) < 4.78 is 0. The first-order chi connectivity index (χ1) is 11.9. The molecule has 1 heterocycles. The molecule has 4 nitrogen and oxygen atoms in total. The van der Waals surface area contributed by atoms with Gasteiger partial charge in [-0.3, -0.25) is 9.59 Å². The van der Waals surface area contributed by atoms with Crippen LogP contribution in [-0.2, 0) is 27.0 Å². The molecule has 0 spiro atoms. The van der Waals surface area contributed by atoms with E-state index in [2.05, 4.69) is 18.8 Å². The van der Waals surface area contributed by atoms with E-state index in [1.54, 1.807) is 13.8 Å². The van der Waals surface area contributed by atoms with Gasteiger partial charge in [-0.2, -0.15) is 0 Å². The maximum Gasteiger partial charge on any atom is 0.250 e. The fraction of sp³-hybridized carbons (Fsp3) is 0.500. The van der Waals surface area contributed by atoms with Crippen molar-refractivity contribution in [2.75, 3.05) is 29.1 Å².